The molecule has 5 rings (SSSR count). The van der Waals surface area contributed by atoms with Gasteiger partial charge in [-0.3, -0.25) is 0 Å². The number of nitrogens with zero attached hydrogens (tertiary/aromatic N) is 4. The zero-order chi connectivity index (χ0) is 20.7. The van der Waals surface area contributed by atoms with Gasteiger partial charge in [-0.15, -0.1) is 11.3 Å². The fraction of sp³-hybridized carbons (Fsp3) is 0.478. The second kappa shape index (κ2) is 8.54. The molecule has 2 aliphatic rings. The van der Waals surface area contributed by atoms with Crippen molar-refractivity contribution in [3.63, 3.8) is 0 Å². The number of hydrogen-bond donors (Lipinski definition) is 1. The summed E-state index contributed by atoms with van der Waals surface area (Å²) >= 11 is 5.42. The Morgan fingerprint density at radius 1 is 1.27 bits per heavy atom. The third kappa shape index (κ3) is 4.13. The van der Waals surface area contributed by atoms with Crippen LogP contribution >= 0.6 is 27.3 Å². The topological polar surface area (TPSA) is 44.3 Å². The standard InChI is InChI=1S/C23H28BrN5S/c1-28(2)18-8-9-29(13-18)12-15-6-7-19-20(10-15)30-23-21(19)22(25-14-26-23)27-17-5-3-4-16(24)11-17/h3-5,11,14-15,18H,6-10,12-13H2,1-2H3,(H,25,26,27)/t15?,18-/m1/s1. The van der Waals surface area contributed by atoms with Gasteiger partial charge in [-0.1, -0.05) is 22.0 Å². The molecule has 0 saturated carbocycles. The maximum atomic E-state index is 4.61. The monoisotopic (exact) mass is 485 g/mol. The number of rotatable bonds is 5. The van der Waals surface area contributed by atoms with E-state index in [1.807, 2.05) is 23.5 Å². The number of hydrogen-bond acceptors (Lipinski definition) is 6. The molecule has 5 nitrogen and oxygen atoms in total. The molecule has 2 atom stereocenters. The van der Waals surface area contributed by atoms with Gasteiger partial charge in [-0.25, -0.2) is 9.97 Å². The van der Waals surface area contributed by atoms with Gasteiger partial charge in [0.1, 0.15) is 17.0 Å². The number of halogens is 1. The van der Waals surface area contributed by atoms with E-state index in [2.05, 4.69) is 67.2 Å². The van der Waals surface area contributed by atoms with Crippen molar-refractivity contribution in [3.8, 4) is 0 Å². The van der Waals surface area contributed by atoms with Crippen molar-refractivity contribution >= 4 is 49.0 Å². The number of benzene rings is 1. The molecule has 1 N–H and O–H groups in total. The molecule has 0 amide bonds. The molecule has 2 aromatic heterocycles. The summed E-state index contributed by atoms with van der Waals surface area (Å²) in [5.74, 6) is 1.68. The Hall–Kier alpha value is -1.54. The van der Waals surface area contributed by atoms with E-state index in [1.54, 1.807) is 6.33 Å². The summed E-state index contributed by atoms with van der Waals surface area (Å²) in [6.07, 6.45) is 6.55. The lowest BCUT2D eigenvalue weighted by molar-refractivity contribution is 0.233. The van der Waals surface area contributed by atoms with E-state index < -0.39 is 0 Å². The zero-order valence-electron chi connectivity index (χ0n) is 17.6. The van der Waals surface area contributed by atoms with Gasteiger partial charge in [0.2, 0.25) is 0 Å². The van der Waals surface area contributed by atoms with Gasteiger partial charge in [0.05, 0.1) is 5.39 Å². The fourth-order valence-electron chi connectivity index (χ4n) is 4.90. The molecule has 1 fully saturated rings. The molecule has 1 aliphatic heterocycles. The van der Waals surface area contributed by atoms with Crippen LogP contribution in [0.25, 0.3) is 10.2 Å². The number of likely N-dealkylation sites (tertiary alicyclic amines) is 1. The minimum absolute atomic E-state index is 0.718. The number of fused-ring (bicyclic) bond motifs is 3. The molecular weight excluding hydrogens is 458 g/mol. The molecule has 1 unspecified atom stereocenters. The van der Waals surface area contributed by atoms with Gasteiger partial charge in [-0.05, 0) is 76.0 Å². The first-order chi connectivity index (χ1) is 14.6. The predicted octanol–water partition coefficient (Wildman–Crippen LogP) is 4.94. The first kappa shape index (κ1) is 20.4. The molecule has 3 heterocycles. The molecule has 158 valence electrons. The van der Waals surface area contributed by atoms with Gasteiger partial charge in [0, 0.05) is 34.2 Å². The highest BCUT2D eigenvalue weighted by atomic mass is 79.9. The lowest BCUT2D eigenvalue weighted by atomic mass is 9.87. The maximum Gasteiger partial charge on any atom is 0.142 e. The van der Waals surface area contributed by atoms with Crippen LogP contribution in [-0.4, -0.2) is 59.5 Å². The van der Waals surface area contributed by atoms with Crippen molar-refractivity contribution in [1.82, 2.24) is 19.8 Å². The summed E-state index contributed by atoms with van der Waals surface area (Å²) < 4.78 is 1.06. The van der Waals surface area contributed by atoms with Crippen molar-refractivity contribution in [2.24, 2.45) is 5.92 Å². The van der Waals surface area contributed by atoms with E-state index in [-0.39, 0.29) is 0 Å². The minimum atomic E-state index is 0.718. The Bertz CT molecular complexity index is 1050. The first-order valence-electron chi connectivity index (χ1n) is 10.7. The summed E-state index contributed by atoms with van der Waals surface area (Å²) in [6, 6.07) is 8.95. The molecule has 0 radical (unpaired) electrons. The Morgan fingerprint density at radius 3 is 2.97 bits per heavy atom. The van der Waals surface area contributed by atoms with Gasteiger partial charge >= 0.3 is 0 Å². The van der Waals surface area contributed by atoms with Crippen LogP contribution in [0.2, 0.25) is 0 Å². The van der Waals surface area contributed by atoms with Gasteiger partial charge in [0.15, 0.2) is 0 Å². The summed E-state index contributed by atoms with van der Waals surface area (Å²) in [5, 5.41) is 4.75. The quantitative estimate of drug-likeness (QED) is 0.554. The third-order valence-electron chi connectivity index (χ3n) is 6.53. The molecule has 7 heteroatoms. The number of nitrogens with one attached hydrogen (secondary N) is 1. The highest BCUT2D eigenvalue weighted by molar-refractivity contribution is 9.10. The molecule has 3 aromatic rings. The van der Waals surface area contributed by atoms with Crippen LogP contribution < -0.4 is 5.32 Å². The van der Waals surface area contributed by atoms with Crippen molar-refractivity contribution in [2.75, 3.05) is 39.0 Å². The molecular formula is C23H28BrN5S. The Labute approximate surface area is 190 Å². The summed E-state index contributed by atoms with van der Waals surface area (Å²) in [5.41, 5.74) is 2.51. The molecule has 0 spiro atoms. The Kier molecular flexibility index (Phi) is 5.79. The maximum absolute atomic E-state index is 4.61. The average Bonchev–Trinajstić information content (AvgIpc) is 3.32. The van der Waals surface area contributed by atoms with Gasteiger partial charge < -0.3 is 15.1 Å². The number of thiophene rings is 1. The highest BCUT2D eigenvalue weighted by Crippen LogP contribution is 2.40. The predicted molar refractivity (Wildman–Crippen MR) is 129 cm³/mol. The summed E-state index contributed by atoms with van der Waals surface area (Å²) in [6.45, 7) is 3.69. The zero-order valence-corrected chi connectivity index (χ0v) is 20.0. The van der Waals surface area contributed by atoms with E-state index in [9.17, 15) is 0 Å². The van der Waals surface area contributed by atoms with E-state index in [4.69, 9.17) is 0 Å². The van der Waals surface area contributed by atoms with E-state index in [0.29, 0.717) is 0 Å². The normalized spacial score (nSPS) is 22.0. The summed E-state index contributed by atoms with van der Waals surface area (Å²) in [7, 11) is 4.41. The number of aromatic nitrogens is 2. The SMILES string of the molecule is CN(C)[C@@H]1CCN(CC2CCc3c(sc4ncnc(Nc5cccc(Br)c5)c34)C2)C1. The van der Waals surface area contributed by atoms with Gasteiger partial charge in [0.25, 0.3) is 0 Å². The van der Waals surface area contributed by atoms with Crippen molar-refractivity contribution < 1.29 is 0 Å². The summed E-state index contributed by atoms with van der Waals surface area (Å²) in [4.78, 5) is 16.9. The number of likely N-dealkylation sites (N-methyl/N-ethyl adjacent to an activating group) is 1. The third-order valence-corrected chi connectivity index (χ3v) is 8.18. The molecule has 30 heavy (non-hydrogen) atoms. The number of anilines is 2. The van der Waals surface area contributed by atoms with Crippen LogP contribution in [0.1, 0.15) is 23.3 Å². The second-order valence-electron chi connectivity index (χ2n) is 8.82. The van der Waals surface area contributed by atoms with Crippen molar-refractivity contribution in [1.29, 1.82) is 0 Å². The molecule has 1 saturated heterocycles. The second-order valence-corrected chi connectivity index (χ2v) is 10.8. The lowest BCUT2D eigenvalue weighted by Crippen LogP contribution is -2.34. The van der Waals surface area contributed by atoms with E-state index in [1.165, 1.54) is 54.7 Å². The van der Waals surface area contributed by atoms with Crippen LogP contribution in [0.15, 0.2) is 35.1 Å². The average molecular weight is 486 g/mol. The van der Waals surface area contributed by atoms with Crippen LogP contribution in [0.4, 0.5) is 11.5 Å². The van der Waals surface area contributed by atoms with E-state index >= 15 is 0 Å². The Morgan fingerprint density at radius 2 is 2.17 bits per heavy atom. The molecule has 1 aliphatic carbocycles. The van der Waals surface area contributed by atoms with Crippen molar-refractivity contribution in [2.45, 2.75) is 31.7 Å². The van der Waals surface area contributed by atoms with Gasteiger partial charge in [-0.2, -0.15) is 0 Å². The molecule has 1 aromatic carbocycles. The van der Waals surface area contributed by atoms with Crippen LogP contribution in [0, 0.1) is 5.92 Å². The molecule has 0 bridgehead atoms. The smallest absolute Gasteiger partial charge is 0.142 e. The minimum Gasteiger partial charge on any atom is -0.340 e. The van der Waals surface area contributed by atoms with Crippen LogP contribution in [-0.2, 0) is 12.8 Å². The number of aryl methyl sites for hydroxylation is 1. The van der Waals surface area contributed by atoms with Crippen LogP contribution in [0.3, 0.4) is 0 Å². The van der Waals surface area contributed by atoms with Crippen LogP contribution in [0.5, 0.6) is 0 Å². The largest absolute Gasteiger partial charge is 0.340 e. The fourth-order valence-corrected chi connectivity index (χ4v) is 6.60. The Balaban J connectivity index is 1.35. The van der Waals surface area contributed by atoms with E-state index in [0.717, 1.165) is 39.2 Å². The highest BCUT2D eigenvalue weighted by Gasteiger charge is 2.29. The lowest BCUT2D eigenvalue weighted by Gasteiger charge is -2.27. The van der Waals surface area contributed by atoms with Crippen molar-refractivity contribution in [3.05, 3.63) is 45.5 Å². The first-order valence-corrected chi connectivity index (χ1v) is 12.3.